The Bertz CT molecular complexity index is 538. The molecule has 0 heterocycles. The van der Waals surface area contributed by atoms with Crippen molar-refractivity contribution in [3.63, 3.8) is 0 Å². The molecule has 0 spiro atoms. The number of nitrogens with two attached hydrogens (primary N) is 1. The minimum atomic E-state index is 0.585. The summed E-state index contributed by atoms with van der Waals surface area (Å²) in [5, 5.41) is 0. The molecule has 0 radical (unpaired) electrons. The van der Waals surface area contributed by atoms with Crippen molar-refractivity contribution in [1.82, 2.24) is 0 Å². The van der Waals surface area contributed by atoms with E-state index in [0.29, 0.717) is 23.8 Å². The van der Waals surface area contributed by atoms with Gasteiger partial charge in [0.15, 0.2) is 0 Å². The highest BCUT2D eigenvalue weighted by Crippen LogP contribution is 2.30. The molecular formula is C15H17NO3. The summed E-state index contributed by atoms with van der Waals surface area (Å²) in [5.41, 5.74) is 6.33. The molecule has 2 N–H and O–H groups in total. The first kappa shape index (κ1) is 13.1. The molecule has 2 aromatic rings. The summed E-state index contributed by atoms with van der Waals surface area (Å²) in [7, 11) is 1.58. The minimum Gasteiger partial charge on any atom is -0.494 e. The van der Waals surface area contributed by atoms with Crippen molar-refractivity contribution in [3.05, 3.63) is 42.5 Å². The summed E-state index contributed by atoms with van der Waals surface area (Å²) in [6, 6.07) is 12.8. The van der Waals surface area contributed by atoms with E-state index in [1.54, 1.807) is 25.3 Å². The van der Waals surface area contributed by atoms with Crippen LogP contribution in [0.5, 0.6) is 23.0 Å². The van der Waals surface area contributed by atoms with E-state index in [4.69, 9.17) is 19.9 Å². The van der Waals surface area contributed by atoms with Crippen LogP contribution in [0.3, 0.4) is 0 Å². The second-order valence-electron chi connectivity index (χ2n) is 3.91. The van der Waals surface area contributed by atoms with E-state index >= 15 is 0 Å². The monoisotopic (exact) mass is 259 g/mol. The number of hydrogen-bond donors (Lipinski definition) is 1. The van der Waals surface area contributed by atoms with Crippen molar-refractivity contribution in [2.24, 2.45) is 0 Å². The van der Waals surface area contributed by atoms with E-state index in [9.17, 15) is 0 Å². The molecule has 4 heteroatoms. The lowest BCUT2D eigenvalue weighted by Crippen LogP contribution is -1.93. The molecule has 0 saturated heterocycles. The highest BCUT2D eigenvalue weighted by molar-refractivity contribution is 5.56. The lowest BCUT2D eigenvalue weighted by molar-refractivity contribution is 0.339. The predicted octanol–water partition coefficient (Wildman–Crippen LogP) is 3.47. The van der Waals surface area contributed by atoms with Crippen LogP contribution in [0.4, 0.5) is 5.69 Å². The van der Waals surface area contributed by atoms with E-state index < -0.39 is 0 Å². The Morgan fingerprint density at radius 1 is 0.947 bits per heavy atom. The maximum atomic E-state index is 5.75. The number of anilines is 1. The summed E-state index contributed by atoms with van der Waals surface area (Å²) in [6.07, 6.45) is 0. The van der Waals surface area contributed by atoms with Crippen molar-refractivity contribution in [2.45, 2.75) is 6.92 Å². The largest absolute Gasteiger partial charge is 0.494 e. The third-order valence-electron chi connectivity index (χ3n) is 2.58. The number of ether oxygens (including phenoxy) is 3. The predicted molar refractivity (Wildman–Crippen MR) is 75.1 cm³/mol. The van der Waals surface area contributed by atoms with Gasteiger partial charge in [-0.15, -0.1) is 0 Å². The number of nitrogen functional groups attached to an aromatic ring is 1. The molecule has 0 bridgehead atoms. The quantitative estimate of drug-likeness (QED) is 0.835. The van der Waals surface area contributed by atoms with Gasteiger partial charge in [0.2, 0.25) is 0 Å². The summed E-state index contributed by atoms with van der Waals surface area (Å²) in [6.45, 7) is 2.60. The Kier molecular flexibility index (Phi) is 4.13. The fraction of sp³-hybridized carbons (Fsp3) is 0.200. The summed E-state index contributed by atoms with van der Waals surface area (Å²) < 4.78 is 16.2. The second kappa shape index (κ2) is 6.00. The van der Waals surface area contributed by atoms with Crippen molar-refractivity contribution in [3.8, 4) is 23.0 Å². The molecule has 0 fully saturated rings. The molecule has 2 rings (SSSR count). The minimum absolute atomic E-state index is 0.585. The molecular weight excluding hydrogens is 242 g/mol. The molecule has 0 amide bonds. The molecule has 0 aliphatic rings. The first-order valence-corrected chi connectivity index (χ1v) is 6.07. The Morgan fingerprint density at radius 3 is 2.21 bits per heavy atom. The van der Waals surface area contributed by atoms with Gasteiger partial charge in [-0.3, -0.25) is 0 Å². The molecule has 0 aliphatic heterocycles. The first-order chi connectivity index (χ1) is 9.22. The Hall–Kier alpha value is -2.36. The van der Waals surface area contributed by atoms with Gasteiger partial charge >= 0.3 is 0 Å². The van der Waals surface area contributed by atoms with Crippen LogP contribution in [-0.2, 0) is 0 Å². The third kappa shape index (κ3) is 3.31. The van der Waals surface area contributed by atoms with Gasteiger partial charge in [-0.25, -0.2) is 0 Å². The van der Waals surface area contributed by atoms with Crippen molar-refractivity contribution in [2.75, 3.05) is 19.5 Å². The van der Waals surface area contributed by atoms with Crippen LogP contribution in [0.1, 0.15) is 6.92 Å². The molecule has 0 aliphatic carbocycles. The van der Waals surface area contributed by atoms with Crippen LogP contribution in [-0.4, -0.2) is 13.7 Å². The molecule has 2 aromatic carbocycles. The first-order valence-electron chi connectivity index (χ1n) is 6.07. The Morgan fingerprint density at radius 2 is 1.58 bits per heavy atom. The van der Waals surface area contributed by atoms with Gasteiger partial charge in [0, 0.05) is 6.07 Å². The number of methoxy groups -OCH3 is 1. The second-order valence-corrected chi connectivity index (χ2v) is 3.91. The van der Waals surface area contributed by atoms with Crippen LogP contribution in [0.15, 0.2) is 42.5 Å². The zero-order valence-electron chi connectivity index (χ0n) is 11.1. The standard InChI is InChI=1S/C15H17NO3/c1-3-18-11-4-6-12(7-5-11)19-13-8-9-14(16)15(10-13)17-2/h4-10H,3,16H2,1-2H3. The molecule has 0 atom stereocenters. The number of benzene rings is 2. The van der Waals surface area contributed by atoms with E-state index in [1.165, 1.54) is 0 Å². The number of hydrogen-bond acceptors (Lipinski definition) is 4. The van der Waals surface area contributed by atoms with Gasteiger partial charge in [-0.2, -0.15) is 0 Å². The van der Waals surface area contributed by atoms with Crippen molar-refractivity contribution in [1.29, 1.82) is 0 Å². The van der Waals surface area contributed by atoms with Gasteiger partial charge in [0.25, 0.3) is 0 Å². The fourth-order valence-corrected chi connectivity index (χ4v) is 1.66. The van der Waals surface area contributed by atoms with Crippen LogP contribution in [0, 0.1) is 0 Å². The van der Waals surface area contributed by atoms with Crippen LogP contribution < -0.4 is 19.9 Å². The topological polar surface area (TPSA) is 53.7 Å². The van der Waals surface area contributed by atoms with Gasteiger partial charge < -0.3 is 19.9 Å². The smallest absolute Gasteiger partial charge is 0.145 e. The lowest BCUT2D eigenvalue weighted by atomic mass is 10.2. The fourth-order valence-electron chi connectivity index (χ4n) is 1.66. The van der Waals surface area contributed by atoms with Gasteiger partial charge in [-0.05, 0) is 43.3 Å². The molecule has 4 nitrogen and oxygen atoms in total. The van der Waals surface area contributed by atoms with E-state index in [1.807, 2.05) is 31.2 Å². The lowest BCUT2D eigenvalue weighted by Gasteiger charge is -2.10. The molecule has 100 valence electrons. The molecule has 0 aromatic heterocycles. The van der Waals surface area contributed by atoms with Crippen LogP contribution in [0.2, 0.25) is 0 Å². The van der Waals surface area contributed by atoms with Crippen LogP contribution in [0.25, 0.3) is 0 Å². The van der Waals surface area contributed by atoms with Crippen molar-refractivity contribution >= 4 is 5.69 Å². The Labute approximate surface area is 112 Å². The average molecular weight is 259 g/mol. The maximum absolute atomic E-state index is 5.75. The maximum Gasteiger partial charge on any atom is 0.145 e. The Balaban J connectivity index is 2.12. The third-order valence-corrected chi connectivity index (χ3v) is 2.58. The van der Waals surface area contributed by atoms with E-state index in [0.717, 1.165) is 11.5 Å². The molecule has 0 unspecified atom stereocenters. The average Bonchev–Trinajstić information content (AvgIpc) is 2.43. The normalized spacial score (nSPS) is 10.0. The highest BCUT2D eigenvalue weighted by atomic mass is 16.5. The summed E-state index contributed by atoms with van der Waals surface area (Å²) in [5.74, 6) is 2.83. The van der Waals surface area contributed by atoms with E-state index in [2.05, 4.69) is 0 Å². The van der Waals surface area contributed by atoms with Gasteiger partial charge in [-0.1, -0.05) is 0 Å². The number of rotatable bonds is 5. The summed E-state index contributed by atoms with van der Waals surface area (Å²) >= 11 is 0. The highest BCUT2D eigenvalue weighted by Gasteiger charge is 2.03. The van der Waals surface area contributed by atoms with Gasteiger partial charge in [0.05, 0.1) is 19.4 Å². The zero-order valence-corrected chi connectivity index (χ0v) is 11.1. The molecule has 0 saturated carbocycles. The van der Waals surface area contributed by atoms with Crippen molar-refractivity contribution < 1.29 is 14.2 Å². The molecule has 19 heavy (non-hydrogen) atoms. The SMILES string of the molecule is CCOc1ccc(Oc2ccc(N)c(OC)c2)cc1. The van der Waals surface area contributed by atoms with Gasteiger partial charge in [0.1, 0.15) is 23.0 Å². The zero-order chi connectivity index (χ0) is 13.7. The summed E-state index contributed by atoms with van der Waals surface area (Å²) in [4.78, 5) is 0. The van der Waals surface area contributed by atoms with Crippen LogP contribution >= 0.6 is 0 Å². The van der Waals surface area contributed by atoms with E-state index in [-0.39, 0.29) is 0 Å².